The summed E-state index contributed by atoms with van der Waals surface area (Å²) in [4.78, 5) is 10.6. The van der Waals surface area contributed by atoms with Crippen LogP contribution in [0, 0.1) is 11.8 Å². The molecule has 1 fully saturated rings. The molecule has 3 aromatic rings. The molecule has 0 atom stereocenters. The molecule has 1 heterocycles. The minimum atomic E-state index is -0.898. The highest BCUT2D eigenvalue weighted by Crippen LogP contribution is 2.35. The number of carboxylic acid groups (broad SMARTS) is 1. The lowest BCUT2D eigenvalue weighted by Crippen LogP contribution is -2.23. The standard InChI is InChI=1S/C25H28N2O3/c28-24(29)18-30-17-20-13-11-19(12-14-20)16-27-25(22-9-5-2-6-10-22)23(15-26-27)21-7-3-1-4-8-21/h1-10,15,19-20H,11-14,16-18H2,(H,28,29)/t19-,20-. The van der Waals surface area contributed by atoms with Gasteiger partial charge in [0, 0.05) is 17.7 Å². The molecule has 0 radical (unpaired) electrons. The first-order valence-corrected chi connectivity index (χ1v) is 10.7. The molecule has 4 rings (SSSR count). The van der Waals surface area contributed by atoms with Crippen molar-refractivity contribution in [1.29, 1.82) is 0 Å². The maximum absolute atomic E-state index is 10.6. The maximum Gasteiger partial charge on any atom is 0.329 e. The van der Waals surface area contributed by atoms with E-state index in [1.165, 1.54) is 16.8 Å². The monoisotopic (exact) mass is 404 g/mol. The summed E-state index contributed by atoms with van der Waals surface area (Å²) in [6.07, 6.45) is 6.39. The van der Waals surface area contributed by atoms with Crippen molar-refractivity contribution in [3.63, 3.8) is 0 Å². The Bertz CT molecular complexity index is 945. The molecule has 1 N–H and O–H groups in total. The zero-order valence-electron chi connectivity index (χ0n) is 17.1. The van der Waals surface area contributed by atoms with E-state index in [0.29, 0.717) is 18.4 Å². The van der Waals surface area contributed by atoms with Gasteiger partial charge in [-0.2, -0.15) is 5.10 Å². The molecular weight excluding hydrogens is 376 g/mol. The molecule has 0 saturated heterocycles. The van der Waals surface area contributed by atoms with Crippen LogP contribution in [0.1, 0.15) is 25.7 Å². The Hall–Kier alpha value is -2.92. The molecule has 0 unspecified atom stereocenters. The molecule has 2 aromatic carbocycles. The number of aliphatic carboxylic acids is 1. The first kappa shape index (κ1) is 20.4. The van der Waals surface area contributed by atoms with Gasteiger partial charge in [0.05, 0.1) is 18.5 Å². The number of aromatic nitrogens is 2. The van der Waals surface area contributed by atoms with Gasteiger partial charge in [-0.3, -0.25) is 4.68 Å². The topological polar surface area (TPSA) is 64.3 Å². The molecule has 1 aliphatic carbocycles. The van der Waals surface area contributed by atoms with Gasteiger partial charge in [-0.25, -0.2) is 4.79 Å². The molecule has 0 bridgehead atoms. The molecule has 1 saturated carbocycles. The highest BCUT2D eigenvalue weighted by atomic mass is 16.5. The van der Waals surface area contributed by atoms with Gasteiger partial charge < -0.3 is 9.84 Å². The van der Waals surface area contributed by atoms with Gasteiger partial charge >= 0.3 is 5.97 Å². The SMILES string of the molecule is O=C(O)COC[C@H]1CC[C@H](Cn2ncc(-c3ccccc3)c2-c2ccccc2)CC1. The quantitative estimate of drug-likeness (QED) is 0.566. The predicted molar refractivity (Wildman–Crippen MR) is 117 cm³/mol. The second-order valence-electron chi connectivity index (χ2n) is 8.12. The molecule has 0 spiro atoms. The lowest BCUT2D eigenvalue weighted by atomic mass is 9.82. The third-order valence-corrected chi connectivity index (χ3v) is 5.95. The third kappa shape index (κ3) is 4.97. The van der Waals surface area contributed by atoms with Gasteiger partial charge in [-0.15, -0.1) is 0 Å². The molecule has 1 aliphatic rings. The average molecular weight is 405 g/mol. The van der Waals surface area contributed by atoms with E-state index in [1.807, 2.05) is 18.3 Å². The summed E-state index contributed by atoms with van der Waals surface area (Å²) in [5.74, 6) is 0.142. The average Bonchev–Trinajstić information content (AvgIpc) is 3.19. The number of nitrogens with zero attached hydrogens (tertiary/aromatic N) is 2. The normalized spacial score (nSPS) is 18.9. The lowest BCUT2D eigenvalue weighted by molar-refractivity contribution is -0.142. The van der Waals surface area contributed by atoms with E-state index < -0.39 is 5.97 Å². The summed E-state index contributed by atoms with van der Waals surface area (Å²) in [7, 11) is 0. The fourth-order valence-electron chi connectivity index (χ4n) is 4.39. The molecule has 5 heteroatoms. The third-order valence-electron chi connectivity index (χ3n) is 5.95. The highest BCUT2D eigenvalue weighted by molar-refractivity contribution is 5.80. The van der Waals surface area contributed by atoms with Gasteiger partial charge in [0.2, 0.25) is 0 Å². The van der Waals surface area contributed by atoms with Gasteiger partial charge in [0.1, 0.15) is 6.61 Å². The van der Waals surface area contributed by atoms with Gasteiger partial charge in [-0.1, -0.05) is 60.7 Å². The van der Waals surface area contributed by atoms with Gasteiger partial charge in [-0.05, 0) is 43.1 Å². The van der Waals surface area contributed by atoms with Crippen molar-refractivity contribution in [2.75, 3.05) is 13.2 Å². The number of benzene rings is 2. The minimum absolute atomic E-state index is 0.198. The minimum Gasteiger partial charge on any atom is -0.480 e. The summed E-state index contributed by atoms with van der Waals surface area (Å²) in [6.45, 7) is 1.25. The van der Waals surface area contributed by atoms with E-state index in [9.17, 15) is 4.79 Å². The van der Waals surface area contributed by atoms with Crippen molar-refractivity contribution in [3.8, 4) is 22.4 Å². The van der Waals surface area contributed by atoms with Crippen molar-refractivity contribution >= 4 is 5.97 Å². The van der Waals surface area contributed by atoms with Crippen LogP contribution in [0.4, 0.5) is 0 Å². The van der Waals surface area contributed by atoms with E-state index in [-0.39, 0.29) is 6.61 Å². The largest absolute Gasteiger partial charge is 0.480 e. The first-order chi connectivity index (χ1) is 14.7. The Labute approximate surface area is 177 Å². The van der Waals surface area contributed by atoms with Crippen LogP contribution in [0.25, 0.3) is 22.4 Å². The lowest BCUT2D eigenvalue weighted by Gasteiger charge is -2.28. The Morgan fingerprint density at radius 2 is 1.53 bits per heavy atom. The van der Waals surface area contributed by atoms with Crippen LogP contribution in [0.3, 0.4) is 0 Å². The summed E-state index contributed by atoms with van der Waals surface area (Å²) in [5, 5.41) is 13.5. The van der Waals surface area contributed by atoms with E-state index in [4.69, 9.17) is 14.9 Å². The Kier molecular flexibility index (Phi) is 6.60. The number of carboxylic acids is 1. The van der Waals surface area contributed by atoms with Crippen molar-refractivity contribution in [2.45, 2.75) is 32.2 Å². The van der Waals surface area contributed by atoms with Crippen LogP contribution < -0.4 is 0 Å². The Balaban J connectivity index is 1.47. The second-order valence-corrected chi connectivity index (χ2v) is 8.12. The summed E-state index contributed by atoms with van der Waals surface area (Å²) >= 11 is 0. The number of carbonyl (C=O) groups is 1. The van der Waals surface area contributed by atoms with Crippen molar-refractivity contribution in [1.82, 2.24) is 9.78 Å². The van der Waals surface area contributed by atoms with Crippen LogP contribution in [-0.4, -0.2) is 34.1 Å². The smallest absolute Gasteiger partial charge is 0.329 e. The van der Waals surface area contributed by atoms with Crippen LogP contribution in [0.5, 0.6) is 0 Å². The van der Waals surface area contributed by atoms with E-state index >= 15 is 0 Å². The zero-order valence-corrected chi connectivity index (χ0v) is 17.1. The van der Waals surface area contributed by atoms with E-state index in [2.05, 4.69) is 53.2 Å². The Morgan fingerprint density at radius 3 is 2.17 bits per heavy atom. The highest BCUT2D eigenvalue weighted by Gasteiger charge is 2.24. The molecular formula is C25H28N2O3. The number of ether oxygens (including phenoxy) is 1. The summed E-state index contributed by atoms with van der Waals surface area (Å²) < 4.78 is 7.47. The number of hydrogen-bond donors (Lipinski definition) is 1. The van der Waals surface area contributed by atoms with E-state index in [1.54, 1.807) is 0 Å². The summed E-state index contributed by atoms with van der Waals surface area (Å²) in [5.41, 5.74) is 4.71. The van der Waals surface area contributed by atoms with Gasteiger partial charge in [0.15, 0.2) is 0 Å². The van der Waals surface area contributed by atoms with Crippen LogP contribution in [0.2, 0.25) is 0 Å². The zero-order chi connectivity index (χ0) is 20.8. The predicted octanol–water partition coefficient (Wildman–Crippen LogP) is 5.12. The van der Waals surface area contributed by atoms with Gasteiger partial charge in [0.25, 0.3) is 0 Å². The van der Waals surface area contributed by atoms with Crippen molar-refractivity contribution in [2.24, 2.45) is 11.8 Å². The Morgan fingerprint density at radius 1 is 0.933 bits per heavy atom. The first-order valence-electron chi connectivity index (χ1n) is 10.7. The fourth-order valence-corrected chi connectivity index (χ4v) is 4.39. The van der Waals surface area contributed by atoms with E-state index in [0.717, 1.165) is 37.8 Å². The second kappa shape index (κ2) is 9.72. The van der Waals surface area contributed by atoms with Crippen LogP contribution >= 0.6 is 0 Å². The van der Waals surface area contributed by atoms with Crippen molar-refractivity contribution < 1.29 is 14.6 Å². The molecule has 0 amide bonds. The summed E-state index contributed by atoms with van der Waals surface area (Å²) in [6, 6.07) is 20.9. The van der Waals surface area contributed by atoms with Crippen molar-refractivity contribution in [3.05, 3.63) is 66.9 Å². The molecule has 5 nitrogen and oxygen atoms in total. The molecule has 30 heavy (non-hydrogen) atoms. The maximum atomic E-state index is 10.6. The molecule has 156 valence electrons. The molecule has 0 aliphatic heterocycles. The number of rotatable bonds is 8. The fraction of sp³-hybridized carbons (Fsp3) is 0.360. The number of hydrogen-bond acceptors (Lipinski definition) is 3. The van der Waals surface area contributed by atoms with Crippen LogP contribution in [0.15, 0.2) is 66.9 Å². The van der Waals surface area contributed by atoms with Crippen LogP contribution in [-0.2, 0) is 16.1 Å². The molecule has 1 aromatic heterocycles.